The molecule has 5 heteroatoms. The van der Waals surface area contributed by atoms with E-state index in [1.807, 2.05) is 0 Å². The van der Waals surface area contributed by atoms with Crippen LogP contribution in [0.25, 0.3) is 0 Å². The zero-order chi connectivity index (χ0) is 18.7. The van der Waals surface area contributed by atoms with Gasteiger partial charge in [-0.3, -0.25) is 4.79 Å². The number of rotatable bonds is 3. The van der Waals surface area contributed by atoms with Crippen LogP contribution >= 0.6 is 0 Å². The van der Waals surface area contributed by atoms with Crippen LogP contribution in [0.1, 0.15) is 55.3 Å². The van der Waals surface area contributed by atoms with Gasteiger partial charge in [-0.15, -0.1) is 5.10 Å². The lowest BCUT2D eigenvalue weighted by Gasteiger charge is -2.33. The van der Waals surface area contributed by atoms with Crippen molar-refractivity contribution < 1.29 is 14.6 Å². The number of aromatic nitrogens is 2. The lowest BCUT2D eigenvalue weighted by atomic mass is 9.78. The summed E-state index contributed by atoms with van der Waals surface area (Å²) in [6, 6.07) is 7.58. The minimum Gasteiger partial charge on any atom is -0.493 e. The predicted octanol–water partition coefficient (Wildman–Crippen LogP) is 3.13. The smallest absolute Gasteiger partial charge is 0.309 e. The summed E-state index contributed by atoms with van der Waals surface area (Å²) in [5, 5.41) is 16.7. The molecular weight excluding hydrogens is 328 g/mol. The molecule has 0 unspecified atom stereocenters. The van der Waals surface area contributed by atoms with Gasteiger partial charge < -0.3 is 9.84 Å². The molecule has 0 atom stereocenters. The van der Waals surface area contributed by atoms with Crippen molar-refractivity contribution in [3.05, 3.63) is 52.3 Å². The second-order valence-electron chi connectivity index (χ2n) is 7.07. The first-order chi connectivity index (χ1) is 12.4. The van der Waals surface area contributed by atoms with Gasteiger partial charge in [0.15, 0.2) is 0 Å². The van der Waals surface area contributed by atoms with Gasteiger partial charge in [0.05, 0.1) is 18.7 Å². The van der Waals surface area contributed by atoms with Crippen molar-refractivity contribution in [2.45, 2.75) is 45.4 Å². The number of aliphatic carboxylic acids is 1. The average molecular weight is 350 g/mol. The summed E-state index contributed by atoms with van der Waals surface area (Å²) < 4.78 is 5.85. The van der Waals surface area contributed by atoms with Gasteiger partial charge in [-0.25, -0.2) is 0 Å². The SMILES string of the molecule is CCc1cc2c(cc1C#Cc1ccc(CC(=O)O)nn1)C(C)(C)CCO2. The Hall–Kier alpha value is -2.87. The van der Waals surface area contributed by atoms with Crippen LogP contribution in [0.5, 0.6) is 5.75 Å². The van der Waals surface area contributed by atoms with E-state index in [9.17, 15) is 4.79 Å². The zero-order valence-electron chi connectivity index (χ0n) is 15.3. The first-order valence-electron chi connectivity index (χ1n) is 8.75. The van der Waals surface area contributed by atoms with Gasteiger partial charge >= 0.3 is 5.97 Å². The lowest BCUT2D eigenvalue weighted by Crippen LogP contribution is -2.27. The number of hydrogen-bond donors (Lipinski definition) is 1. The van der Waals surface area contributed by atoms with Crippen LogP contribution in [0.2, 0.25) is 0 Å². The molecule has 134 valence electrons. The molecule has 0 fully saturated rings. The van der Waals surface area contributed by atoms with Gasteiger partial charge in [0, 0.05) is 11.1 Å². The maximum atomic E-state index is 10.7. The number of ether oxygens (including phenoxy) is 1. The van der Waals surface area contributed by atoms with Crippen molar-refractivity contribution in [1.29, 1.82) is 0 Å². The van der Waals surface area contributed by atoms with E-state index in [1.165, 1.54) is 5.56 Å². The third-order valence-electron chi connectivity index (χ3n) is 4.68. The summed E-state index contributed by atoms with van der Waals surface area (Å²) >= 11 is 0. The largest absolute Gasteiger partial charge is 0.493 e. The van der Waals surface area contributed by atoms with Crippen LogP contribution in [-0.2, 0) is 23.1 Å². The molecule has 0 saturated carbocycles. The molecule has 0 saturated heterocycles. The first-order valence-corrected chi connectivity index (χ1v) is 8.75. The zero-order valence-corrected chi connectivity index (χ0v) is 15.3. The topological polar surface area (TPSA) is 72.3 Å². The Bertz CT molecular complexity index is 890. The van der Waals surface area contributed by atoms with E-state index in [-0.39, 0.29) is 11.8 Å². The van der Waals surface area contributed by atoms with Crippen LogP contribution < -0.4 is 4.74 Å². The van der Waals surface area contributed by atoms with Crippen molar-refractivity contribution in [2.75, 3.05) is 6.61 Å². The second kappa shape index (κ2) is 7.17. The molecule has 3 rings (SSSR count). The molecule has 0 amide bonds. The molecule has 1 aliphatic heterocycles. The third-order valence-corrected chi connectivity index (χ3v) is 4.68. The van der Waals surface area contributed by atoms with Gasteiger partial charge in [0.1, 0.15) is 11.4 Å². The van der Waals surface area contributed by atoms with Crippen LogP contribution in [0, 0.1) is 11.8 Å². The molecule has 0 spiro atoms. The Morgan fingerprint density at radius 1 is 1.27 bits per heavy atom. The molecule has 1 N–H and O–H groups in total. The van der Waals surface area contributed by atoms with E-state index in [0.717, 1.165) is 36.3 Å². The average Bonchev–Trinajstić information content (AvgIpc) is 2.60. The van der Waals surface area contributed by atoms with Crippen molar-refractivity contribution in [3.63, 3.8) is 0 Å². The van der Waals surface area contributed by atoms with Gasteiger partial charge in [0.2, 0.25) is 0 Å². The number of carboxylic acid groups (broad SMARTS) is 1. The fraction of sp³-hybridized carbons (Fsp3) is 0.381. The Labute approximate surface area is 153 Å². The molecule has 2 aromatic rings. The predicted molar refractivity (Wildman–Crippen MR) is 98.3 cm³/mol. The number of fused-ring (bicyclic) bond motifs is 1. The van der Waals surface area contributed by atoms with E-state index in [0.29, 0.717) is 11.4 Å². The van der Waals surface area contributed by atoms with E-state index in [1.54, 1.807) is 12.1 Å². The highest BCUT2D eigenvalue weighted by Crippen LogP contribution is 2.39. The fourth-order valence-corrected chi connectivity index (χ4v) is 3.04. The van der Waals surface area contributed by atoms with E-state index >= 15 is 0 Å². The van der Waals surface area contributed by atoms with Crippen LogP contribution in [0.4, 0.5) is 0 Å². The molecule has 1 aliphatic rings. The molecular formula is C21H22N2O3. The minimum absolute atomic E-state index is 0.0641. The van der Waals surface area contributed by atoms with Crippen molar-refractivity contribution in [2.24, 2.45) is 0 Å². The third kappa shape index (κ3) is 3.85. The summed E-state index contributed by atoms with van der Waals surface area (Å²) in [4.78, 5) is 10.7. The van der Waals surface area contributed by atoms with Crippen LogP contribution in [-0.4, -0.2) is 27.9 Å². The van der Waals surface area contributed by atoms with E-state index < -0.39 is 5.97 Å². The summed E-state index contributed by atoms with van der Waals surface area (Å²) in [6.45, 7) is 7.29. The Kier molecular flexibility index (Phi) is 4.94. The van der Waals surface area contributed by atoms with Crippen molar-refractivity contribution in [3.8, 4) is 17.6 Å². The quantitative estimate of drug-likeness (QED) is 0.861. The first kappa shape index (κ1) is 17.9. The number of carboxylic acids is 1. The molecule has 2 heterocycles. The van der Waals surface area contributed by atoms with Crippen LogP contribution in [0.3, 0.4) is 0 Å². The number of carbonyl (C=O) groups is 1. The van der Waals surface area contributed by atoms with Gasteiger partial charge in [-0.2, -0.15) is 5.10 Å². The molecule has 26 heavy (non-hydrogen) atoms. The number of benzene rings is 1. The molecule has 5 nitrogen and oxygen atoms in total. The number of hydrogen-bond acceptors (Lipinski definition) is 4. The van der Waals surface area contributed by atoms with Crippen molar-refractivity contribution in [1.82, 2.24) is 10.2 Å². The molecule has 0 bridgehead atoms. The van der Waals surface area contributed by atoms with E-state index in [4.69, 9.17) is 9.84 Å². The van der Waals surface area contributed by atoms with Crippen LogP contribution in [0.15, 0.2) is 24.3 Å². The Morgan fingerprint density at radius 2 is 2.08 bits per heavy atom. The maximum absolute atomic E-state index is 10.7. The number of aryl methyl sites for hydroxylation is 1. The number of nitrogens with zero attached hydrogens (tertiary/aromatic N) is 2. The summed E-state index contributed by atoms with van der Waals surface area (Å²) in [7, 11) is 0. The highest BCUT2D eigenvalue weighted by atomic mass is 16.5. The highest BCUT2D eigenvalue weighted by Gasteiger charge is 2.29. The molecule has 1 aromatic heterocycles. The summed E-state index contributed by atoms with van der Waals surface area (Å²) in [5.74, 6) is 6.28. The Balaban J connectivity index is 1.93. The monoisotopic (exact) mass is 350 g/mol. The Morgan fingerprint density at radius 3 is 2.73 bits per heavy atom. The molecule has 0 radical (unpaired) electrons. The van der Waals surface area contributed by atoms with Gasteiger partial charge in [-0.05, 0) is 54.0 Å². The fourth-order valence-electron chi connectivity index (χ4n) is 3.04. The lowest BCUT2D eigenvalue weighted by molar-refractivity contribution is -0.136. The summed E-state index contributed by atoms with van der Waals surface area (Å²) in [5.41, 5.74) is 4.31. The van der Waals surface area contributed by atoms with Gasteiger partial charge in [0.25, 0.3) is 0 Å². The minimum atomic E-state index is -0.926. The standard InChI is InChI=1S/C21H22N2O3/c1-4-14-12-19-18(21(2,3)9-10-26-19)11-15(14)5-6-16-7-8-17(23-22-16)13-20(24)25/h7-8,11-12H,4,9-10,13H2,1-3H3,(H,24,25). The van der Waals surface area contributed by atoms with Crippen molar-refractivity contribution >= 4 is 5.97 Å². The maximum Gasteiger partial charge on any atom is 0.309 e. The molecule has 1 aromatic carbocycles. The highest BCUT2D eigenvalue weighted by molar-refractivity contribution is 5.69. The van der Waals surface area contributed by atoms with E-state index in [2.05, 4.69) is 54.9 Å². The second-order valence-corrected chi connectivity index (χ2v) is 7.07. The normalized spacial score (nSPS) is 14.6. The van der Waals surface area contributed by atoms with Gasteiger partial charge in [-0.1, -0.05) is 26.7 Å². The summed E-state index contributed by atoms with van der Waals surface area (Å²) in [6.07, 6.45) is 1.71. The molecule has 0 aliphatic carbocycles.